The number of hydrogen-bond acceptors (Lipinski definition) is 5. The topological polar surface area (TPSA) is 69.7 Å². The van der Waals surface area contributed by atoms with Gasteiger partial charge < -0.3 is 9.47 Å². The third-order valence-electron chi connectivity index (χ3n) is 3.25. The zero-order chi connectivity index (χ0) is 12.6. The fraction of sp³-hybridized carbons (Fsp3) is 0.583. The molecule has 2 rings (SSSR count). The fourth-order valence-electron chi connectivity index (χ4n) is 2.24. The van der Waals surface area contributed by atoms with Crippen LogP contribution in [0.5, 0.6) is 0 Å². The van der Waals surface area contributed by atoms with Crippen LogP contribution in [0.4, 0.5) is 0 Å². The van der Waals surface area contributed by atoms with Crippen molar-refractivity contribution in [2.45, 2.75) is 26.4 Å². The van der Waals surface area contributed by atoms with Crippen LogP contribution in [0.2, 0.25) is 0 Å². The first-order chi connectivity index (χ1) is 7.97. The maximum Gasteiger partial charge on any atom is 0.323 e. The highest BCUT2D eigenvalue weighted by atomic mass is 16.6. The van der Waals surface area contributed by atoms with E-state index in [2.05, 4.69) is 0 Å². The Balaban J connectivity index is 2.33. The molecule has 2 aliphatic rings. The van der Waals surface area contributed by atoms with E-state index in [4.69, 9.17) is 9.47 Å². The van der Waals surface area contributed by atoms with E-state index >= 15 is 0 Å². The largest absolute Gasteiger partial charge is 0.465 e. The highest BCUT2D eigenvalue weighted by Gasteiger charge is 2.55. The zero-order valence-electron chi connectivity index (χ0n) is 9.76. The number of esters is 2. The van der Waals surface area contributed by atoms with Crippen molar-refractivity contribution in [2.24, 2.45) is 11.3 Å². The van der Waals surface area contributed by atoms with Crippen LogP contribution in [0.15, 0.2) is 12.2 Å². The van der Waals surface area contributed by atoms with Gasteiger partial charge in [-0.25, -0.2) is 0 Å². The van der Waals surface area contributed by atoms with Crippen molar-refractivity contribution in [3.05, 3.63) is 12.2 Å². The summed E-state index contributed by atoms with van der Waals surface area (Å²) < 4.78 is 9.86. The number of rotatable bonds is 1. The van der Waals surface area contributed by atoms with Gasteiger partial charge in [0, 0.05) is 19.3 Å². The first-order valence-corrected chi connectivity index (χ1v) is 5.55. The molecule has 1 unspecified atom stereocenters. The summed E-state index contributed by atoms with van der Waals surface area (Å²) in [5, 5.41) is 0. The minimum atomic E-state index is -1.23. The summed E-state index contributed by atoms with van der Waals surface area (Å²) in [7, 11) is 0. The van der Waals surface area contributed by atoms with Gasteiger partial charge in [0.1, 0.15) is 0 Å². The Bertz CT molecular complexity index is 411. The minimum Gasteiger partial charge on any atom is -0.465 e. The summed E-state index contributed by atoms with van der Waals surface area (Å²) in [6.07, 6.45) is 2.77. The molecule has 92 valence electrons. The summed E-state index contributed by atoms with van der Waals surface area (Å²) in [4.78, 5) is 34.9. The van der Waals surface area contributed by atoms with E-state index in [0.717, 1.165) is 0 Å². The highest BCUT2D eigenvalue weighted by Crippen LogP contribution is 2.39. The molecule has 5 nitrogen and oxygen atoms in total. The monoisotopic (exact) mass is 238 g/mol. The molecule has 1 saturated heterocycles. The zero-order valence-corrected chi connectivity index (χ0v) is 9.76. The lowest BCUT2D eigenvalue weighted by Gasteiger charge is -2.31. The van der Waals surface area contributed by atoms with Crippen molar-refractivity contribution < 1.29 is 23.9 Å². The van der Waals surface area contributed by atoms with Crippen LogP contribution in [0, 0.1) is 11.3 Å². The summed E-state index contributed by atoms with van der Waals surface area (Å²) in [6.45, 7) is 3.25. The SMILES string of the molecule is CC(=O)O[C@H]1C(=O)C2(C=C[C@@H]1C)CCOC2=O. The molecule has 0 radical (unpaired) electrons. The van der Waals surface area contributed by atoms with Crippen molar-refractivity contribution in [3.8, 4) is 0 Å². The Kier molecular flexibility index (Phi) is 2.77. The number of carbonyl (C=O) groups is 3. The van der Waals surface area contributed by atoms with Crippen LogP contribution >= 0.6 is 0 Å². The smallest absolute Gasteiger partial charge is 0.323 e. The number of ketones is 1. The van der Waals surface area contributed by atoms with Gasteiger partial charge in [0.15, 0.2) is 17.3 Å². The van der Waals surface area contributed by atoms with Crippen LogP contribution < -0.4 is 0 Å². The molecule has 0 aromatic heterocycles. The third-order valence-corrected chi connectivity index (χ3v) is 3.25. The van der Waals surface area contributed by atoms with Gasteiger partial charge in [0.05, 0.1) is 6.61 Å². The molecule has 1 heterocycles. The molecule has 1 spiro atoms. The van der Waals surface area contributed by atoms with Crippen molar-refractivity contribution in [1.29, 1.82) is 0 Å². The van der Waals surface area contributed by atoms with Gasteiger partial charge in [0.2, 0.25) is 0 Å². The normalized spacial score (nSPS) is 36.1. The van der Waals surface area contributed by atoms with E-state index in [-0.39, 0.29) is 18.3 Å². The number of carbonyl (C=O) groups excluding carboxylic acids is 3. The molecule has 5 heteroatoms. The predicted molar refractivity (Wildman–Crippen MR) is 56.9 cm³/mol. The minimum absolute atomic E-state index is 0.217. The average Bonchev–Trinajstić information content (AvgIpc) is 2.62. The van der Waals surface area contributed by atoms with Gasteiger partial charge in [-0.2, -0.15) is 0 Å². The molecule has 17 heavy (non-hydrogen) atoms. The van der Waals surface area contributed by atoms with Crippen molar-refractivity contribution in [3.63, 3.8) is 0 Å². The van der Waals surface area contributed by atoms with Gasteiger partial charge in [-0.15, -0.1) is 0 Å². The quantitative estimate of drug-likeness (QED) is 0.380. The van der Waals surface area contributed by atoms with E-state index in [1.807, 2.05) is 0 Å². The van der Waals surface area contributed by atoms with E-state index in [1.54, 1.807) is 19.1 Å². The number of hydrogen-bond donors (Lipinski definition) is 0. The van der Waals surface area contributed by atoms with Crippen LogP contribution in [0.1, 0.15) is 20.3 Å². The van der Waals surface area contributed by atoms with Gasteiger partial charge in [-0.3, -0.25) is 14.4 Å². The lowest BCUT2D eigenvalue weighted by molar-refractivity contribution is -0.163. The van der Waals surface area contributed by atoms with Crippen molar-refractivity contribution in [1.82, 2.24) is 0 Å². The molecule has 0 N–H and O–H groups in total. The summed E-state index contributed by atoms with van der Waals surface area (Å²) in [5.41, 5.74) is -1.23. The van der Waals surface area contributed by atoms with E-state index in [9.17, 15) is 14.4 Å². The molecule has 3 atom stereocenters. The highest BCUT2D eigenvalue weighted by molar-refractivity contribution is 6.10. The first kappa shape index (κ1) is 11.8. The molecule has 0 aromatic carbocycles. The predicted octanol–water partition coefficient (Wildman–Crippen LogP) is 0.626. The number of ether oxygens (including phenoxy) is 2. The molecule has 1 aliphatic carbocycles. The number of Topliss-reactive ketones (excluding diaryl/α,β-unsaturated/α-hetero) is 1. The van der Waals surface area contributed by atoms with Crippen molar-refractivity contribution in [2.75, 3.05) is 6.61 Å². The molecule has 0 bridgehead atoms. The second kappa shape index (κ2) is 3.98. The molecule has 1 fully saturated rings. The summed E-state index contributed by atoms with van der Waals surface area (Å²) in [5.74, 6) is -1.65. The second-order valence-electron chi connectivity index (χ2n) is 4.47. The average molecular weight is 238 g/mol. The Morgan fingerprint density at radius 2 is 2.24 bits per heavy atom. The Morgan fingerprint density at radius 3 is 2.76 bits per heavy atom. The van der Waals surface area contributed by atoms with Gasteiger partial charge in [-0.05, 0) is 0 Å². The first-order valence-electron chi connectivity index (χ1n) is 5.55. The molecule has 0 aromatic rings. The molecular formula is C12H14O5. The Labute approximate surface area is 98.8 Å². The molecule has 0 saturated carbocycles. The molecular weight excluding hydrogens is 224 g/mol. The maximum atomic E-state index is 12.3. The molecule has 0 amide bonds. The van der Waals surface area contributed by atoms with Gasteiger partial charge in [0.25, 0.3) is 0 Å². The third kappa shape index (κ3) is 1.75. The Hall–Kier alpha value is -1.65. The second-order valence-corrected chi connectivity index (χ2v) is 4.47. The van der Waals surface area contributed by atoms with Crippen LogP contribution in [-0.4, -0.2) is 30.4 Å². The van der Waals surface area contributed by atoms with Gasteiger partial charge >= 0.3 is 11.9 Å². The van der Waals surface area contributed by atoms with E-state index in [0.29, 0.717) is 6.42 Å². The lowest BCUT2D eigenvalue weighted by Crippen LogP contribution is -2.48. The van der Waals surface area contributed by atoms with Crippen LogP contribution in [-0.2, 0) is 23.9 Å². The maximum absolute atomic E-state index is 12.3. The van der Waals surface area contributed by atoms with E-state index in [1.165, 1.54) is 6.92 Å². The lowest BCUT2D eigenvalue weighted by atomic mass is 9.72. The van der Waals surface area contributed by atoms with Crippen molar-refractivity contribution >= 4 is 17.7 Å². The van der Waals surface area contributed by atoms with Crippen LogP contribution in [0.25, 0.3) is 0 Å². The fourth-order valence-corrected chi connectivity index (χ4v) is 2.24. The summed E-state index contributed by atoms with van der Waals surface area (Å²) in [6, 6.07) is 0. The Morgan fingerprint density at radius 1 is 1.53 bits per heavy atom. The van der Waals surface area contributed by atoms with Crippen LogP contribution in [0.3, 0.4) is 0 Å². The standard InChI is InChI=1S/C12H14O5/c1-7-3-4-12(5-6-16-11(12)15)10(14)9(7)17-8(2)13/h3-4,7,9H,5-6H2,1-2H3/t7-,9+,12?/m0/s1. The van der Waals surface area contributed by atoms with Gasteiger partial charge in [-0.1, -0.05) is 19.1 Å². The van der Waals surface area contributed by atoms with E-state index < -0.39 is 23.5 Å². The number of cyclic esters (lactones) is 1. The summed E-state index contributed by atoms with van der Waals surface area (Å²) >= 11 is 0. The molecule has 1 aliphatic heterocycles.